The predicted molar refractivity (Wildman–Crippen MR) is 116 cm³/mol. The van der Waals surface area contributed by atoms with Gasteiger partial charge in [0.05, 0.1) is 38.0 Å². The van der Waals surface area contributed by atoms with Gasteiger partial charge in [-0.2, -0.15) is 0 Å². The number of Topliss-reactive ketones (excluding diaryl/α,β-unsaturated/α-hetero) is 1. The second-order valence-corrected chi connectivity index (χ2v) is 7.70. The zero-order valence-corrected chi connectivity index (χ0v) is 18.4. The van der Waals surface area contributed by atoms with E-state index in [4.69, 9.17) is 0 Å². The number of carbonyl (C=O) groups is 3. The number of aryl methyl sites for hydroxylation is 2. The molecule has 0 saturated carbocycles. The number of aromatic nitrogens is 2. The first-order valence-corrected chi connectivity index (χ1v) is 10.1. The fourth-order valence-electron chi connectivity index (χ4n) is 3.69. The SMILES string of the molecule is COC(=O)N(CC(=O)Cc1c(-c2c(C)cc(C=O)cc2F)nc2cc(C)ccn12)CC(O)O. The normalized spacial score (nSPS) is 11.1. The first kappa shape index (κ1) is 24.0. The van der Waals surface area contributed by atoms with E-state index >= 15 is 0 Å². The van der Waals surface area contributed by atoms with Crippen molar-refractivity contribution in [1.29, 1.82) is 0 Å². The maximum atomic E-state index is 15.0. The minimum Gasteiger partial charge on any atom is -0.453 e. The number of rotatable bonds is 8. The summed E-state index contributed by atoms with van der Waals surface area (Å²) in [7, 11) is 1.11. The van der Waals surface area contributed by atoms with Gasteiger partial charge in [0.2, 0.25) is 0 Å². The summed E-state index contributed by atoms with van der Waals surface area (Å²) in [6.45, 7) is 2.55. The van der Waals surface area contributed by atoms with Gasteiger partial charge in [0, 0.05) is 17.3 Å². The Balaban J connectivity index is 2.06. The van der Waals surface area contributed by atoms with Crippen LogP contribution in [0.4, 0.5) is 9.18 Å². The molecule has 0 atom stereocenters. The topological polar surface area (TPSA) is 121 Å². The summed E-state index contributed by atoms with van der Waals surface area (Å²) >= 11 is 0. The lowest BCUT2D eigenvalue weighted by atomic mass is 9.99. The molecule has 0 saturated heterocycles. The molecule has 3 aromatic rings. The summed E-state index contributed by atoms with van der Waals surface area (Å²) in [5.41, 5.74) is 2.88. The number of ketones is 1. The van der Waals surface area contributed by atoms with Gasteiger partial charge >= 0.3 is 6.09 Å². The Morgan fingerprint density at radius 1 is 1.27 bits per heavy atom. The molecule has 9 nitrogen and oxygen atoms in total. The van der Waals surface area contributed by atoms with Gasteiger partial charge in [-0.15, -0.1) is 0 Å². The number of methoxy groups -OCH3 is 1. The van der Waals surface area contributed by atoms with Crippen LogP contribution in [0.15, 0.2) is 30.5 Å². The number of aldehydes is 1. The highest BCUT2D eigenvalue weighted by Gasteiger charge is 2.25. The average Bonchev–Trinajstić information content (AvgIpc) is 3.08. The van der Waals surface area contributed by atoms with E-state index in [1.165, 1.54) is 6.07 Å². The standard InChI is InChI=1S/C23H24FN3O6/c1-13-4-5-27-18(9-16(29)10-26(11-20(30)31)23(32)33-3)22(25-19(27)6-13)21-14(2)7-15(12-28)8-17(21)24/h4-8,12,20,30-31H,9-11H2,1-3H3. The summed E-state index contributed by atoms with van der Waals surface area (Å²) in [4.78, 5) is 41.3. The maximum Gasteiger partial charge on any atom is 0.410 e. The quantitative estimate of drug-likeness (QED) is 0.392. The molecule has 0 bridgehead atoms. The van der Waals surface area contributed by atoms with Gasteiger partial charge in [0.15, 0.2) is 12.1 Å². The zero-order valence-electron chi connectivity index (χ0n) is 18.4. The molecule has 1 amide bonds. The highest BCUT2D eigenvalue weighted by Crippen LogP contribution is 2.31. The first-order valence-electron chi connectivity index (χ1n) is 10.1. The molecule has 2 N–H and O–H groups in total. The van der Waals surface area contributed by atoms with Crippen LogP contribution in [0.25, 0.3) is 16.9 Å². The Kier molecular flexibility index (Phi) is 7.19. The molecular formula is C23H24FN3O6. The number of pyridine rings is 1. The van der Waals surface area contributed by atoms with Crippen molar-refractivity contribution in [3.05, 3.63) is 58.7 Å². The van der Waals surface area contributed by atoms with Crippen molar-refractivity contribution in [1.82, 2.24) is 14.3 Å². The Labute approximate surface area is 189 Å². The number of imidazole rings is 1. The maximum absolute atomic E-state index is 15.0. The Hall–Kier alpha value is -3.63. The van der Waals surface area contributed by atoms with Crippen LogP contribution in [-0.4, -0.2) is 69.1 Å². The molecule has 33 heavy (non-hydrogen) atoms. The lowest BCUT2D eigenvalue weighted by Gasteiger charge is -2.21. The molecule has 1 aromatic carbocycles. The van der Waals surface area contributed by atoms with Crippen LogP contribution in [-0.2, 0) is 16.0 Å². The van der Waals surface area contributed by atoms with Crippen LogP contribution in [0, 0.1) is 19.7 Å². The smallest absolute Gasteiger partial charge is 0.410 e. The number of nitrogens with zero attached hydrogens (tertiary/aromatic N) is 3. The van der Waals surface area contributed by atoms with E-state index in [0.717, 1.165) is 23.6 Å². The Morgan fingerprint density at radius 3 is 2.61 bits per heavy atom. The molecule has 0 fully saturated rings. The molecule has 0 aliphatic carbocycles. The second kappa shape index (κ2) is 9.88. The van der Waals surface area contributed by atoms with Crippen molar-refractivity contribution >= 4 is 23.8 Å². The van der Waals surface area contributed by atoms with E-state index < -0.39 is 37.1 Å². The molecule has 3 rings (SSSR count). The van der Waals surface area contributed by atoms with Gasteiger partial charge in [0.1, 0.15) is 17.8 Å². The fraction of sp³-hybridized carbons (Fsp3) is 0.304. The van der Waals surface area contributed by atoms with Gasteiger partial charge in [-0.1, -0.05) is 0 Å². The third kappa shape index (κ3) is 5.24. The molecule has 2 aromatic heterocycles. The van der Waals surface area contributed by atoms with Gasteiger partial charge in [-0.05, 0) is 49.2 Å². The van der Waals surface area contributed by atoms with Crippen molar-refractivity contribution < 1.29 is 33.7 Å². The van der Waals surface area contributed by atoms with Crippen molar-refractivity contribution in [3.8, 4) is 11.3 Å². The predicted octanol–water partition coefficient (Wildman–Crippen LogP) is 2.06. The largest absolute Gasteiger partial charge is 0.453 e. The summed E-state index contributed by atoms with van der Waals surface area (Å²) in [6, 6.07) is 6.24. The molecule has 2 heterocycles. The van der Waals surface area contributed by atoms with Crippen LogP contribution in [0.5, 0.6) is 0 Å². The zero-order chi connectivity index (χ0) is 24.3. The average molecular weight is 457 g/mol. The van der Waals surface area contributed by atoms with E-state index in [-0.39, 0.29) is 23.2 Å². The van der Waals surface area contributed by atoms with Crippen LogP contribution in [0.2, 0.25) is 0 Å². The minimum atomic E-state index is -1.85. The lowest BCUT2D eigenvalue weighted by molar-refractivity contribution is -0.120. The molecular weight excluding hydrogens is 433 g/mol. The number of halogens is 1. The van der Waals surface area contributed by atoms with Crippen LogP contribution >= 0.6 is 0 Å². The van der Waals surface area contributed by atoms with E-state index in [1.807, 2.05) is 13.0 Å². The Bertz CT molecular complexity index is 1200. The van der Waals surface area contributed by atoms with E-state index in [2.05, 4.69) is 9.72 Å². The van der Waals surface area contributed by atoms with Gasteiger partial charge < -0.3 is 19.4 Å². The molecule has 0 unspecified atom stereocenters. The molecule has 0 radical (unpaired) electrons. The monoisotopic (exact) mass is 457 g/mol. The fourth-order valence-corrected chi connectivity index (χ4v) is 3.69. The number of aliphatic hydroxyl groups is 2. The highest BCUT2D eigenvalue weighted by molar-refractivity contribution is 5.88. The van der Waals surface area contributed by atoms with E-state index in [0.29, 0.717) is 23.2 Å². The van der Waals surface area contributed by atoms with Gasteiger partial charge in [0.25, 0.3) is 0 Å². The van der Waals surface area contributed by atoms with Gasteiger partial charge in [-0.25, -0.2) is 14.2 Å². The molecule has 10 heteroatoms. The minimum absolute atomic E-state index is 0.167. The van der Waals surface area contributed by atoms with Crippen molar-refractivity contribution in [2.45, 2.75) is 26.6 Å². The number of hydrogen-bond acceptors (Lipinski definition) is 7. The number of carbonyl (C=O) groups excluding carboxylic acids is 3. The molecule has 0 aliphatic heterocycles. The van der Waals surface area contributed by atoms with E-state index in [9.17, 15) is 29.0 Å². The summed E-state index contributed by atoms with van der Waals surface area (Å²) in [5.74, 6) is -1.10. The first-order chi connectivity index (χ1) is 15.6. The van der Waals surface area contributed by atoms with E-state index in [1.54, 1.807) is 23.6 Å². The molecule has 0 spiro atoms. The van der Waals surface area contributed by atoms with Crippen LogP contribution in [0.1, 0.15) is 27.2 Å². The lowest BCUT2D eigenvalue weighted by Crippen LogP contribution is -2.41. The van der Waals surface area contributed by atoms with Crippen LogP contribution < -0.4 is 0 Å². The van der Waals surface area contributed by atoms with Crippen LogP contribution in [0.3, 0.4) is 0 Å². The summed E-state index contributed by atoms with van der Waals surface area (Å²) in [5, 5.41) is 18.4. The molecule has 0 aliphatic rings. The molecule has 174 valence electrons. The highest BCUT2D eigenvalue weighted by atomic mass is 19.1. The third-order valence-corrected chi connectivity index (χ3v) is 5.11. The number of ether oxygens (including phenoxy) is 1. The van der Waals surface area contributed by atoms with Crippen molar-refractivity contribution in [2.75, 3.05) is 20.2 Å². The number of amides is 1. The number of aliphatic hydroxyl groups excluding tert-OH is 1. The van der Waals surface area contributed by atoms with Crippen molar-refractivity contribution in [3.63, 3.8) is 0 Å². The summed E-state index contributed by atoms with van der Waals surface area (Å²) in [6.07, 6.45) is -0.695. The third-order valence-electron chi connectivity index (χ3n) is 5.11. The number of benzene rings is 1. The van der Waals surface area contributed by atoms with Crippen molar-refractivity contribution in [2.24, 2.45) is 0 Å². The van der Waals surface area contributed by atoms with Gasteiger partial charge in [-0.3, -0.25) is 14.5 Å². The Morgan fingerprint density at radius 2 is 2.00 bits per heavy atom. The second-order valence-electron chi connectivity index (χ2n) is 7.70. The number of hydrogen-bond donors (Lipinski definition) is 2. The summed E-state index contributed by atoms with van der Waals surface area (Å²) < 4.78 is 21.3. The number of fused-ring (bicyclic) bond motifs is 1.